The fraction of sp³-hybridized carbons (Fsp3) is 0.292. The van der Waals surface area contributed by atoms with E-state index in [0.717, 1.165) is 30.5 Å². The topological polar surface area (TPSA) is 54.8 Å². The van der Waals surface area contributed by atoms with Gasteiger partial charge in [-0.3, -0.25) is 0 Å². The summed E-state index contributed by atoms with van der Waals surface area (Å²) in [6.45, 7) is -4.00. The first-order chi connectivity index (χ1) is 18.2. The highest BCUT2D eigenvalue weighted by Crippen LogP contribution is 2.44. The Bertz CT molecular complexity index is 1240. The quantitative estimate of drug-likeness (QED) is 0.197. The molecular weight excluding hydrogens is 554 g/mol. The van der Waals surface area contributed by atoms with Crippen molar-refractivity contribution in [2.24, 2.45) is 0 Å². The summed E-state index contributed by atoms with van der Waals surface area (Å²) in [5, 5.41) is 9.65. The molecule has 0 amide bonds. The van der Waals surface area contributed by atoms with E-state index in [1.807, 2.05) is 0 Å². The number of alkyl halides is 10. The van der Waals surface area contributed by atoms with Crippen LogP contribution in [-0.2, 0) is 12.5 Å². The van der Waals surface area contributed by atoms with Crippen LogP contribution in [0.5, 0.6) is 17.4 Å². The lowest BCUT2D eigenvalue weighted by Crippen LogP contribution is -2.43. The number of benzene rings is 2. The maximum absolute atomic E-state index is 15.1. The maximum Gasteiger partial charge on any atom is 0.458 e. The fourth-order valence-electron chi connectivity index (χ4n) is 3.32. The molecule has 2 atom stereocenters. The zero-order valence-corrected chi connectivity index (χ0v) is 19.3. The summed E-state index contributed by atoms with van der Waals surface area (Å²) in [6, 6.07) is 9.88. The molecular formula is C24H18F10N2O3. The summed E-state index contributed by atoms with van der Waals surface area (Å²) in [6.07, 6.45) is -14.2. The Hall–Kier alpha value is -3.75. The summed E-state index contributed by atoms with van der Waals surface area (Å²) in [7, 11) is 0. The molecule has 39 heavy (non-hydrogen) atoms. The molecule has 0 aliphatic rings. The van der Waals surface area contributed by atoms with Gasteiger partial charge in [-0.15, -0.1) is 0 Å². The zero-order valence-electron chi connectivity index (χ0n) is 19.3. The van der Waals surface area contributed by atoms with Gasteiger partial charge in [0, 0.05) is 36.1 Å². The van der Waals surface area contributed by atoms with Gasteiger partial charge in [0.2, 0.25) is 12.2 Å². The van der Waals surface area contributed by atoms with Crippen LogP contribution >= 0.6 is 0 Å². The van der Waals surface area contributed by atoms with Crippen LogP contribution in [0.4, 0.5) is 49.6 Å². The lowest BCUT2D eigenvalue weighted by molar-refractivity contribution is -0.289. The molecule has 5 nitrogen and oxygen atoms in total. The number of rotatable bonds is 11. The molecule has 1 aromatic heterocycles. The van der Waals surface area contributed by atoms with Crippen molar-refractivity contribution in [1.82, 2.24) is 4.98 Å². The van der Waals surface area contributed by atoms with E-state index in [2.05, 4.69) is 9.72 Å². The third kappa shape index (κ3) is 7.43. The summed E-state index contributed by atoms with van der Waals surface area (Å²) in [5.41, 5.74) is -2.03. The normalized spacial score (nSPS) is 13.9. The number of nitrogens with zero attached hydrogens (tertiary/aromatic N) is 2. The SMILES string of the molecule is O[C@@H](C(F)F)C(F)N(Cc1cccc(C(F)(F)C(F)(F)F)c1)c1cccc(Oc2ccnc(OC(F)F)c2)c1. The predicted octanol–water partition coefficient (Wildman–Crippen LogP) is 7.06. The molecule has 0 bridgehead atoms. The molecule has 15 heteroatoms. The van der Waals surface area contributed by atoms with Gasteiger partial charge in [0.05, 0.1) is 0 Å². The van der Waals surface area contributed by atoms with Gasteiger partial charge in [0.1, 0.15) is 11.5 Å². The van der Waals surface area contributed by atoms with E-state index in [0.29, 0.717) is 17.0 Å². The number of ether oxygens (including phenoxy) is 2. The molecule has 1 heterocycles. The Kier molecular flexibility index (Phi) is 9.14. The smallest absolute Gasteiger partial charge is 0.457 e. The Balaban J connectivity index is 1.95. The highest BCUT2D eigenvalue weighted by Gasteiger charge is 2.58. The van der Waals surface area contributed by atoms with Crippen molar-refractivity contribution in [2.75, 3.05) is 4.90 Å². The molecule has 0 aliphatic heterocycles. The van der Waals surface area contributed by atoms with Crippen molar-refractivity contribution < 1.29 is 58.5 Å². The van der Waals surface area contributed by atoms with Crippen LogP contribution in [0.2, 0.25) is 0 Å². The van der Waals surface area contributed by atoms with Crippen LogP contribution in [0.15, 0.2) is 66.9 Å². The Morgan fingerprint density at radius 1 is 0.846 bits per heavy atom. The predicted molar refractivity (Wildman–Crippen MR) is 117 cm³/mol. The van der Waals surface area contributed by atoms with E-state index in [-0.39, 0.29) is 22.7 Å². The fourth-order valence-corrected chi connectivity index (χ4v) is 3.32. The van der Waals surface area contributed by atoms with E-state index in [9.17, 15) is 44.6 Å². The average molecular weight is 572 g/mol. The Morgan fingerprint density at radius 2 is 1.51 bits per heavy atom. The number of aromatic nitrogens is 1. The van der Waals surface area contributed by atoms with Gasteiger partial charge >= 0.3 is 18.7 Å². The number of anilines is 1. The van der Waals surface area contributed by atoms with Crippen LogP contribution < -0.4 is 14.4 Å². The number of hydrogen-bond acceptors (Lipinski definition) is 5. The highest BCUT2D eigenvalue weighted by atomic mass is 19.4. The molecule has 0 saturated heterocycles. The molecule has 0 radical (unpaired) electrons. The summed E-state index contributed by atoms with van der Waals surface area (Å²) < 4.78 is 142. The lowest BCUT2D eigenvalue weighted by Gasteiger charge is -2.31. The van der Waals surface area contributed by atoms with Crippen molar-refractivity contribution in [3.63, 3.8) is 0 Å². The first-order valence-corrected chi connectivity index (χ1v) is 10.8. The van der Waals surface area contributed by atoms with E-state index in [1.54, 1.807) is 0 Å². The Labute approximate surface area is 214 Å². The summed E-state index contributed by atoms with van der Waals surface area (Å²) >= 11 is 0. The molecule has 1 unspecified atom stereocenters. The van der Waals surface area contributed by atoms with Gasteiger partial charge in [-0.2, -0.15) is 30.7 Å². The van der Waals surface area contributed by atoms with Gasteiger partial charge in [-0.1, -0.05) is 24.3 Å². The highest BCUT2D eigenvalue weighted by molar-refractivity contribution is 5.53. The summed E-state index contributed by atoms with van der Waals surface area (Å²) in [4.78, 5) is 4.06. The van der Waals surface area contributed by atoms with Crippen LogP contribution in [-0.4, -0.2) is 41.7 Å². The van der Waals surface area contributed by atoms with Crippen molar-refractivity contribution >= 4 is 5.69 Å². The molecule has 0 saturated carbocycles. The minimum Gasteiger partial charge on any atom is -0.457 e. The molecule has 3 rings (SSSR count). The zero-order chi connectivity index (χ0) is 29.0. The molecule has 212 valence electrons. The van der Waals surface area contributed by atoms with Gasteiger partial charge in [-0.25, -0.2) is 18.2 Å². The number of aliphatic hydroxyl groups is 1. The average Bonchev–Trinajstić information content (AvgIpc) is 2.86. The number of pyridine rings is 1. The van der Waals surface area contributed by atoms with Crippen LogP contribution in [0, 0.1) is 0 Å². The number of halogens is 10. The third-order valence-electron chi connectivity index (χ3n) is 5.14. The van der Waals surface area contributed by atoms with E-state index in [1.165, 1.54) is 24.3 Å². The Morgan fingerprint density at radius 3 is 2.15 bits per heavy atom. The number of hydrogen-bond donors (Lipinski definition) is 1. The second kappa shape index (κ2) is 12.0. The first kappa shape index (κ1) is 29.8. The molecule has 1 N–H and O–H groups in total. The van der Waals surface area contributed by atoms with Crippen LogP contribution in [0.1, 0.15) is 11.1 Å². The minimum atomic E-state index is -5.93. The molecule has 0 spiro atoms. The lowest BCUT2D eigenvalue weighted by atomic mass is 10.0. The van der Waals surface area contributed by atoms with Crippen molar-refractivity contribution in [2.45, 2.75) is 44.1 Å². The standard InChI is InChI=1S/C24H18F10N2O3/c25-20(26)19(37)21(27)36(12-13-3-1-4-14(9-13)23(30,31)24(32,33)34)15-5-2-6-16(10-15)38-17-7-8-35-18(11-17)39-22(28)29/h1-11,19-22,37H,12H2/t19-,21?/m0/s1. The largest absolute Gasteiger partial charge is 0.458 e. The third-order valence-corrected chi connectivity index (χ3v) is 5.14. The van der Waals surface area contributed by atoms with Gasteiger partial charge < -0.3 is 19.5 Å². The van der Waals surface area contributed by atoms with Gasteiger partial charge in [-0.05, 0) is 29.8 Å². The second-order valence-corrected chi connectivity index (χ2v) is 7.91. The maximum atomic E-state index is 15.1. The first-order valence-electron chi connectivity index (χ1n) is 10.8. The van der Waals surface area contributed by atoms with E-state index >= 15 is 4.39 Å². The molecule has 2 aromatic carbocycles. The van der Waals surface area contributed by atoms with E-state index in [4.69, 9.17) is 4.74 Å². The van der Waals surface area contributed by atoms with E-state index < -0.39 is 55.5 Å². The molecule has 0 aliphatic carbocycles. The van der Waals surface area contributed by atoms with Crippen LogP contribution in [0.3, 0.4) is 0 Å². The molecule has 0 fully saturated rings. The van der Waals surface area contributed by atoms with Gasteiger partial charge in [0.15, 0.2) is 6.10 Å². The summed E-state index contributed by atoms with van der Waals surface area (Å²) in [5.74, 6) is -5.92. The van der Waals surface area contributed by atoms with Crippen molar-refractivity contribution in [3.05, 3.63) is 78.0 Å². The second-order valence-electron chi connectivity index (χ2n) is 7.91. The monoisotopic (exact) mass is 572 g/mol. The van der Waals surface area contributed by atoms with Crippen molar-refractivity contribution in [1.29, 1.82) is 0 Å². The van der Waals surface area contributed by atoms with Crippen LogP contribution in [0.25, 0.3) is 0 Å². The van der Waals surface area contributed by atoms with Crippen molar-refractivity contribution in [3.8, 4) is 17.4 Å². The number of aliphatic hydroxyl groups excluding tert-OH is 1. The minimum absolute atomic E-state index is 0.0733. The van der Waals surface area contributed by atoms with Gasteiger partial charge in [0.25, 0.3) is 6.43 Å². The molecule has 3 aromatic rings.